The summed E-state index contributed by atoms with van der Waals surface area (Å²) in [5.41, 5.74) is 2.07. The van der Waals surface area contributed by atoms with E-state index < -0.39 is 29.7 Å². The van der Waals surface area contributed by atoms with Gasteiger partial charge in [-0.05, 0) is 37.1 Å². The van der Waals surface area contributed by atoms with Gasteiger partial charge in [0, 0.05) is 18.5 Å². The zero-order chi connectivity index (χ0) is 21.4. The molecule has 4 rings (SSSR count). The molecular weight excluding hydrogens is 386 g/mol. The molecule has 5 amide bonds. The molecule has 0 saturated carbocycles. The largest absolute Gasteiger partial charge is 0.322 e. The smallest absolute Gasteiger partial charge is 0.258 e. The second kappa shape index (κ2) is 7.55. The lowest BCUT2D eigenvalue weighted by atomic mass is 10.0. The van der Waals surface area contributed by atoms with Gasteiger partial charge in [0.05, 0.1) is 11.1 Å². The number of rotatable bonds is 3. The average molecular weight is 405 g/mol. The summed E-state index contributed by atoms with van der Waals surface area (Å²) in [6.07, 6.45) is 0.382. The molecule has 2 aliphatic heterocycles. The third kappa shape index (κ3) is 3.47. The van der Waals surface area contributed by atoms with Crippen LogP contribution in [0.4, 0.5) is 0 Å². The lowest BCUT2D eigenvalue weighted by Crippen LogP contribution is -2.52. The van der Waals surface area contributed by atoms with Gasteiger partial charge in [-0.1, -0.05) is 29.8 Å². The van der Waals surface area contributed by atoms with Gasteiger partial charge in [0.2, 0.25) is 11.8 Å². The number of imide groups is 2. The minimum absolute atomic E-state index is 0.0771. The molecular formula is C22H19N3O5. The maximum atomic E-state index is 13.0. The van der Waals surface area contributed by atoms with Crippen molar-refractivity contribution >= 4 is 29.5 Å². The van der Waals surface area contributed by atoms with E-state index in [-0.39, 0.29) is 36.4 Å². The van der Waals surface area contributed by atoms with Crippen molar-refractivity contribution in [2.24, 2.45) is 0 Å². The Morgan fingerprint density at radius 2 is 1.83 bits per heavy atom. The van der Waals surface area contributed by atoms with E-state index in [1.165, 1.54) is 11.0 Å². The molecule has 1 unspecified atom stereocenters. The van der Waals surface area contributed by atoms with Gasteiger partial charge in [-0.3, -0.25) is 34.6 Å². The van der Waals surface area contributed by atoms with Gasteiger partial charge in [0.15, 0.2) is 0 Å². The van der Waals surface area contributed by atoms with Crippen LogP contribution in [0.1, 0.15) is 55.0 Å². The standard InChI is InChI=1S/C22H19N3O5/c1-12-4-2-5-13(10-12)19(27)24-20(28)15-7-3-6-14-11-25(22(30)18(14)15)16-8-9-17(26)23-21(16)29/h2-7,10,16H,8-9,11H2,1H3,(H,23,26,29)(H,24,27,28). The minimum atomic E-state index is -0.771. The van der Waals surface area contributed by atoms with Crippen molar-refractivity contribution in [3.8, 4) is 0 Å². The Bertz CT molecular complexity index is 1110. The summed E-state index contributed by atoms with van der Waals surface area (Å²) in [6, 6.07) is 10.9. The van der Waals surface area contributed by atoms with E-state index in [0.717, 1.165) is 5.56 Å². The van der Waals surface area contributed by atoms with E-state index in [9.17, 15) is 24.0 Å². The van der Waals surface area contributed by atoms with Crippen LogP contribution in [-0.2, 0) is 16.1 Å². The van der Waals surface area contributed by atoms with Crippen molar-refractivity contribution in [3.05, 3.63) is 70.3 Å². The van der Waals surface area contributed by atoms with Crippen molar-refractivity contribution in [3.63, 3.8) is 0 Å². The molecule has 152 valence electrons. The lowest BCUT2D eigenvalue weighted by Gasteiger charge is -2.29. The number of nitrogens with one attached hydrogen (secondary N) is 2. The molecule has 2 aromatic rings. The predicted molar refractivity (Wildman–Crippen MR) is 105 cm³/mol. The number of carbonyl (C=O) groups excluding carboxylic acids is 5. The van der Waals surface area contributed by atoms with Crippen molar-refractivity contribution < 1.29 is 24.0 Å². The van der Waals surface area contributed by atoms with Gasteiger partial charge in [0.1, 0.15) is 6.04 Å². The molecule has 1 atom stereocenters. The predicted octanol–water partition coefficient (Wildman–Crippen LogP) is 1.33. The SMILES string of the molecule is Cc1cccc(C(=O)NC(=O)c2cccc3c2C(=O)N(C2CCC(=O)NC2=O)C3)c1. The van der Waals surface area contributed by atoms with E-state index in [2.05, 4.69) is 10.6 Å². The summed E-state index contributed by atoms with van der Waals surface area (Å²) in [6.45, 7) is 2.00. The normalized spacial score (nSPS) is 18.1. The number of nitrogens with zero attached hydrogens (tertiary/aromatic N) is 1. The number of hydrogen-bond acceptors (Lipinski definition) is 5. The average Bonchev–Trinajstić information content (AvgIpc) is 3.04. The quantitative estimate of drug-likeness (QED) is 0.748. The maximum absolute atomic E-state index is 13.0. The molecule has 2 N–H and O–H groups in total. The van der Waals surface area contributed by atoms with Gasteiger partial charge in [0.25, 0.3) is 17.7 Å². The van der Waals surface area contributed by atoms with Gasteiger partial charge in [-0.15, -0.1) is 0 Å². The van der Waals surface area contributed by atoms with Crippen LogP contribution in [0.3, 0.4) is 0 Å². The monoisotopic (exact) mass is 405 g/mol. The van der Waals surface area contributed by atoms with Gasteiger partial charge in [-0.25, -0.2) is 0 Å². The van der Waals surface area contributed by atoms with Crippen molar-refractivity contribution in [1.82, 2.24) is 15.5 Å². The van der Waals surface area contributed by atoms with E-state index >= 15 is 0 Å². The van der Waals surface area contributed by atoms with Crippen LogP contribution >= 0.6 is 0 Å². The zero-order valence-electron chi connectivity index (χ0n) is 16.2. The van der Waals surface area contributed by atoms with Gasteiger partial charge >= 0.3 is 0 Å². The van der Waals surface area contributed by atoms with Gasteiger partial charge < -0.3 is 4.90 Å². The number of aryl methyl sites for hydroxylation is 1. The molecule has 2 aromatic carbocycles. The number of amides is 5. The highest BCUT2D eigenvalue weighted by Gasteiger charge is 2.40. The van der Waals surface area contributed by atoms with Crippen LogP contribution in [-0.4, -0.2) is 40.5 Å². The highest BCUT2D eigenvalue weighted by Crippen LogP contribution is 2.29. The Morgan fingerprint density at radius 3 is 2.57 bits per heavy atom. The Hall–Kier alpha value is -3.81. The van der Waals surface area contributed by atoms with E-state index in [4.69, 9.17) is 0 Å². The Morgan fingerprint density at radius 1 is 1.07 bits per heavy atom. The fourth-order valence-electron chi connectivity index (χ4n) is 3.83. The number of benzene rings is 2. The highest BCUT2D eigenvalue weighted by molar-refractivity contribution is 6.16. The first-order valence-electron chi connectivity index (χ1n) is 9.54. The van der Waals surface area contributed by atoms with Crippen LogP contribution in [0.2, 0.25) is 0 Å². The minimum Gasteiger partial charge on any atom is -0.322 e. The number of carbonyl (C=O) groups is 5. The second-order valence-electron chi connectivity index (χ2n) is 7.39. The molecule has 8 nitrogen and oxygen atoms in total. The summed E-state index contributed by atoms with van der Waals surface area (Å²) in [5, 5.41) is 4.57. The van der Waals surface area contributed by atoms with Crippen LogP contribution in [0.15, 0.2) is 42.5 Å². The maximum Gasteiger partial charge on any atom is 0.258 e. The first kappa shape index (κ1) is 19.5. The van der Waals surface area contributed by atoms with Crippen molar-refractivity contribution in [2.75, 3.05) is 0 Å². The van der Waals surface area contributed by atoms with Gasteiger partial charge in [-0.2, -0.15) is 0 Å². The lowest BCUT2D eigenvalue weighted by molar-refractivity contribution is -0.136. The van der Waals surface area contributed by atoms with E-state index in [1.54, 1.807) is 30.3 Å². The third-order valence-corrected chi connectivity index (χ3v) is 5.30. The molecule has 0 spiro atoms. The van der Waals surface area contributed by atoms with Crippen molar-refractivity contribution in [1.29, 1.82) is 0 Å². The van der Waals surface area contributed by atoms with Crippen LogP contribution < -0.4 is 10.6 Å². The van der Waals surface area contributed by atoms with Crippen LogP contribution in [0.25, 0.3) is 0 Å². The second-order valence-corrected chi connectivity index (χ2v) is 7.39. The van der Waals surface area contributed by atoms with Crippen LogP contribution in [0, 0.1) is 6.92 Å². The zero-order valence-corrected chi connectivity index (χ0v) is 16.2. The Balaban J connectivity index is 1.57. The number of hydrogen-bond donors (Lipinski definition) is 2. The molecule has 1 fully saturated rings. The van der Waals surface area contributed by atoms with E-state index in [0.29, 0.717) is 11.1 Å². The molecule has 0 aliphatic carbocycles. The summed E-state index contributed by atoms with van der Waals surface area (Å²) < 4.78 is 0. The first-order chi connectivity index (χ1) is 14.3. The Kier molecular flexibility index (Phi) is 4.91. The molecule has 1 saturated heterocycles. The summed E-state index contributed by atoms with van der Waals surface area (Å²) in [5.74, 6) is -2.60. The number of fused-ring (bicyclic) bond motifs is 1. The molecule has 0 bridgehead atoms. The fraction of sp³-hybridized carbons (Fsp3) is 0.227. The van der Waals surface area contributed by atoms with E-state index in [1.807, 2.05) is 13.0 Å². The van der Waals surface area contributed by atoms with Crippen molar-refractivity contribution in [2.45, 2.75) is 32.4 Å². The summed E-state index contributed by atoms with van der Waals surface area (Å²) in [4.78, 5) is 63.2. The molecule has 0 radical (unpaired) electrons. The van der Waals surface area contributed by atoms with Crippen LogP contribution in [0.5, 0.6) is 0 Å². The molecule has 2 heterocycles. The fourth-order valence-corrected chi connectivity index (χ4v) is 3.83. The first-order valence-corrected chi connectivity index (χ1v) is 9.54. The third-order valence-electron chi connectivity index (χ3n) is 5.30. The molecule has 30 heavy (non-hydrogen) atoms. The summed E-state index contributed by atoms with van der Waals surface area (Å²) in [7, 11) is 0. The highest BCUT2D eigenvalue weighted by atomic mass is 16.2. The Labute approximate surface area is 172 Å². The summed E-state index contributed by atoms with van der Waals surface area (Å²) >= 11 is 0. The topological polar surface area (TPSA) is 113 Å². The molecule has 0 aromatic heterocycles. The number of piperidine rings is 1. The molecule has 2 aliphatic rings. The molecule has 8 heteroatoms.